The highest BCUT2D eigenvalue weighted by molar-refractivity contribution is 7.89. The van der Waals surface area contributed by atoms with Crippen molar-refractivity contribution in [2.45, 2.75) is 30.7 Å². The molecule has 1 fully saturated rings. The summed E-state index contributed by atoms with van der Waals surface area (Å²) in [6.45, 7) is 3.29. The zero-order valence-corrected chi connectivity index (χ0v) is 11.3. The molecule has 0 amide bonds. The molecular formula is C10H16ClN3O2S. The van der Waals surface area contributed by atoms with E-state index in [0.29, 0.717) is 24.6 Å². The Morgan fingerprint density at radius 3 is 2.76 bits per heavy atom. The second-order valence-corrected chi connectivity index (χ2v) is 6.59. The third-order valence-electron chi connectivity index (χ3n) is 3.16. The fraction of sp³-hybridized carbons (Fsp3) is 0.700. The van der Waals surface area contributed by atoms with Crippen molar-refractivity contribution in [1.82, 2.24) is 14.5 Å². The molecule has 2 heterocycles. The first-order valence-corrected chi connectivity index (χ1v) is 7.61. The van der Waals surface area contributed by atoms with Gasteiger partial charge in [-0.3, -0.25) is 5.10 Å². The van der Waals surface area contributed by atoms with E-state index >= 15 is 0 Å². The van der Waals surface area contributed by atoms with Crippen molar-refractivity contribution in [1.29, 1.82) is 0 Å². The van der Waals surface area contributed by atoms with Crippen molar-refractivity contribution < 1.29 is 8.42 Å². The van der Waals surface area contributed by atoms with Crippen LogP contribution in [0.25, 0.3) is 0 Å². The van der Waals surface area contributed by atoms with Crippen LogP contribution in [0.1, 0.15) is 25.3 Å². The van der Waals surface area contributed by atoms with Crippen molar-refractivity contribution in [3.8, 4) is 0 Å². The number of alkyl halides is 1. The number of hydrogen-bond acceptors (Lipinski definition) is 3. The predicted molar refractivity (Wildman–Crippen MR) is 65.3 cm³/mol. The van der Waals surface area contributed by atoms with Gasteiger partial charge in [-0.1, -0.05) is 6.92 Å². The predicted octanol–water partition coefficient (Wildman–Crippen LogP) is 1.57. The first-order valence-electron chi connectivity index (χ1n) is 5.64. The molecule has 0 atom stereocenters. The molecule has 0 bridgehead atoms. The lowest BCUT2D eigenvalue weighted by atomic mass is 10.0. The number of aromatic nitrogens is 2. The fourth-order valence-electron chi connectivity index (χ4n) is 1.97. The number of rotatable bonds is 3. The quantitative estimate of drug-likeness (QED) is 0.853. The van der Waals surface area contributed by atoms with E-state index in [1.54, 1.807) is 0 Å². The van der Waals surface area contributed by atoms with Crippen LogP contribution in [0.3, 0.4) is 0 Å². The Morgan fingerprint density at radius 1 is 1.53 bits per heavy atom. The summed E-state index contributed by atoms with van der Waals surface area (Å²) >= 11 is 5.70. The molecule has 1 N–H and O–H groups in total. The van der Waals surface area contributed by atoms with Crippen LogP contribution >= 0.6 is 11.6 Å². The summed E-state index contributed by atoms with van der Waals surface area (Å²) in [5, 5.41) is 6.44. The largest absolute Gasteiger partial charge is 0.266 e. The lowest BCUT2D eigenvalue weighted by Crippen LogP contribution is -2.38. The van der Waals surface area contributed by atoms with Crippen molar-refractivity contribution >= 4 is 21.6 Å². The van der Waals surface area contributed by atoms with Gasteiger partial charge >= 0.3 is 0 Å². The Bertz CT molecular complexity index is 477. The van der Waals surface area contributed by atoms with Gasteiger partial charge < -0.3 is 0 Å². The lowest BCUT2D eigenvalue weighted by Gasteiger charge is -2.29. The first kappa shape index (κ1) is 12.9. The summed E-state index contributed by atoms with van der Waals surface area (Å²) in [6.07, 6.45) is 3.28. The van der Waals surface area contributed by atoms with Gasteiger partial charge in [-0.15, -0.1) is 11.6 Å². The van der Waals surface area contributed by atoms with E-state index in [2.05, 4.69) is 17.1 Å². The Labute approximate surface area is 106 Å². The van der Waals surface area contributed by atoms with E-state index in [1.807, 2.05) is 0 Å². The van der Waals surface area contributed by atoms with Gasteiger partial charge in [0.05, 0.1) is 12.1 Å². The topological polar surface area (TPSA) is 66.1 Å². The number of piperidine rings is 1. The van der Waals surface area contributed by atoms with Gasteiger partial charge in [0.1, 0.15) is 0 Å². The second-order valence-electron chi connectivity index (χ2n) is 4.44. The van der Waals surface area contributed by atoms with Gasteiger partial charge in [-0.25, -0.2) is 8.42 Å². The highest BCUT2D eigenvalue weighted by atomic mass is 35.5. The van der Waals surface area contributed by atoms with Crippen LogP contribution in [0.15, 0.2) is 11.2 Å². The molecular weight excluding hydrogens is 262 g/mol. The number of nitrogens with zero attached hydrogens (tertiary/aromatic N) is 2. The number of sulfonamides is 1. The van der Waals surface area contributed by atoms with Crippen LogP contribution in [-0.4, -0.2) is 36.0 Å². The van der Waals surface area contributed by atoms with Gasteiger partial charge in [0.2, 0.25) is 0 Å². The second kappa shape index (κ2) is 4.96. The summed E-state index contributed by atoms with van der Waals surface area (Å²) < 4.78 is 26.2. The van der Waals surface area contributed by atoms with Gasteiger partial charge in [0.25, 0.3) is 10.0 Å². The number of H-pyrrole nitrogens is 1. The standard InChI is InChI=1S/C10H16ClN3O2S/c1-8-2-4-14(5-3-8)17(15,16)10-9(6-11)7-12-13-10/h7-8H,2-6H2,1H3,(H,12,13). The van der Waals surface area contributed by atoms with Crippen LogP contribution in [0, 0.1) is 5.92 Å². The molecule has 7 heteroatoms. The molecule has 2 rings (SSSR count). The normalized spacial score (nSPS) is 19.6. The van der Waals surface area contributed by atoms with Crippen molar-refractivity contribution in [2.75, 3.05) is 13.1 Å². The van der Waals surface area contributed by atoms with E-state index in [-0.39, 0.29) is 10.9 Å². The van der Waals surface area contributed by atoms with E-state index in [0.717, 1.165) is 12.8 Å². The maximum atomic E-state index is 12.3. The first-order chi connectivity index (χ1) is 8.05. The van der Waals surface area contributed by atoms with Crippen LogP contribution in [0.4, 0.5) is 0 Å². The highest BCUT2D eigenvalue weighted by Crippen LogP contribution is 2.24. The van der Waals surface area contributed by atoms with E-state index < -0.39 is 10.0 Å². The summed E-state index contributed by atoms with van der Waals surface area (Å²) in [6, 6.07) is 0. The minimum Gasteiger partial charge on any atom is -0.266 e. The molecule has 17 heavy (non-hydrogen) atoms. The molecule has 0 saturated carbocycles. The summed E-state index contributed by atoms with van der Waals surface area (Å²) in [5.74, 6) is 0.741. The SMILES string of the molecule is CC1CCN(S(=O)(=O)c2[nH]ncc2CCl)CC1. The van der Waals surface area contributed by atoms with Gasteiger partial charge in [-0.05, 0) is 18.8 Å². The molecule has 0 unspecified atom stereocenters. The van der Waals surface area contributed by atoms with Crippen LogP contribution < -0.4 is 0 Å². The summed E-state index contributed by atoms with van der Waals surface area (Å²) in [5.41, 5.74) is 0.533. The van der Waals surface area contributed by atoms with E-state index in [9.17, 15) is 8.42 Å². The van der Waals surface area contributed by atoms with Gasteiger partial charge in [0.15, 0.2) is 5.03 Å². The van der Waals surface area contributed by atoms with E-state index in [1.165, 1.54) is 10.5 Å². The highest BCUT2D eigenvalue weighted by Gasteiger charge is 2.30. The number of hydrogen-bond donors (Lipinski definition) is 1. The molecule has 1 saturated heterocycles. The summed E-state index contributed by atoms with van der Waals surface area (Å²) in [4.78, 5) is 0. The smallest absolute Gasteiger partial charge is 0.260 e. The maximum absolute atomic E-state index is 12.3. The summed E-state index contributed by atoms with van der Waals surface area (Å²) in [7, 11) is -3.45. The Balaban J connectivity index is 2.25. The number of aromatic amines is 1. The third-order valence-corrected chi connectivity index (χ3v) is 5.36. The molecule has 0 aromatic carbocycles. The fourth-order valence-corrected chi connectivity index (χ4v) is 3.83. The molecule has 0 radical (unpaired) electrons. The van der Waals surface area contributed by atoms with Crippen molar-refractivity contribution in [2.24, 2.45) is 5.92 Å². The average Bonchev–Trinajstić information content (AvgIpc) is 2.78. The third kappa shape index (κ3) is 2.48. The minimum atomic E-state index is -3.45. The molecule has 0 spiro atoms. The molecule has 5 nitrogen and oxygen atoms in total. The van der Waals surface area contributed by atoms with Crippen LogP contribution in [-0.2, 0) is 15.9 Å². The van der Waals surface area contributed by atoms with Crippen molar-refractivity contribution in [3.05, 3.63) is 11.8 Å². The zero-order valence-electron chi connectivity index (χ0n) is 9.69. The molecule has 1 aromatic heterocycles. The van der Waals surface area contributed by atoms with Crippen LogP contribution in [0.5, 0.6) is 0 Å². The van der Waals surface area contributed by atoms with Gasteiger partial charge in [-0.2, -0.15) is 9.40 Å². The Morgan fingerprint density at radius 2 is 2.18 bits per heavy atom. The Hall–Kier alpha value is -0.590. The lowest BCUT2D eigenvalue weighted by molar-refractivity contribution is 0.287. The number of halogens is 1. The monoisotopic (exact) mass is 277 g/mol. The molecule has 1 aromatic rings. The molecule has 0 aliphatic carbocycles. The molecule has 1 aliphatic rings. The number of nitrogens with one attached hydrogen (secondary N) is 1. The molecule has 96 valence electrons. The van der Waals surface area contributed by atoms with Crippen LogP contribution in [0.2, 0.25) is 0 Å². The zero-order chi connectivity index (χ0) is 12.5. The maximum Gasteiger partial charge on any atom is 0.260 e. The van der Waals surface area contributed by atoms with E-state index in [4.69, 9.17) is 11.6 Å². The minimum absolute atomic E-state index is 0.141. The average molecular weight is 278 g/mol. The van der Waals surface area contributed by atoms with Gasteiger partial charge in [0, 0.05) is 18.7 Å². The Kier molecular flexibility index (Phi) is 3.75. The molecule has 1 aliphatic heterocycles. The van der Waals surface area contributed by atoms with Crippen molar-refractivity contribution in [3.63, 3.8) is 0 Å².